The zero-order valence-corrected chi connectivity index (χ0v) is 23.4. The maximum atomic E-state index is 12.4. The molecular formula is C22H15NNa2O8S. The van der Waals surface area contributed by atoms with Crippen molar-refractivity contribution in [2.45, 2.75) is 0 Å². The fourth-order valence-corrected chi connectivity index (χ4v) is 3.72. The molecule has 0 spiro atoms. The van der Waals surface area contributed by atoms with E-state index in [-0.39, 0.29) is 82.1 Å². The zero-order valence-electron chi connectivity index (χ0n) is 18.6. The second-order valence-corrected chi connectivity index (χ2v) is 7.37. The first kappa shape index (κ1) is 29.9. The van der Waals surface area contributed by atoms with E-state index in [0.29, 0.717) is 27.5 Å². The van der Waals surface area contributed by atoms with Gasteiger partial charge in [-0.25, -0.2) is 0 Å². The number of Topliss-reactive ketones (excluding diaryl/α,β-unsaturated/α-hetero) is 1. The molecule has 3 aromatic rings. The number of thiophene rings is 1. The summed E-state index contributed by atoms with van der Waals surface area (Å²) >= 11 is 0.801. The molecule has 0 aliphatic carbocycles. The van der Waals surface area contributed by atoms with Crippen LogP contribution in [0.15, 0.2) is 54.6 Å². The van der Waals surface area contributed by atoms with E-state index < -0.39 is 17.8 Å². The van der Waals surface area contributed by atoms with E-state index in [1.807, 2.05) is 5.32 Å². The maximum Gasteiger partial charge on any atom is 1.00 e. The van der Waals surface area contributed by atoms with Crippen LogP contribution in [0.3, 0.4) is 0 Å². The van der Waals surface area contributed by atoms with E-state index in [2.05, 4.69) is 0 Å². The van der Waals surface area contributed by atoms with Gasteiger partial charge in [0.25, 0.3) is 5.91 Å². The average Bonchev–Trinajstić information content (AvgIpc) is 3.21. The van der Waals surface area contributed by atoms with Gasteiger partial charge in [0.15, 0.2) is 6.61 Å². The Bertz CT molecular complexity index is 1190. The van der Waals surface area contributed by atoms with Crippen LogP contribution in [0.1, 0.15) is 20.0 Å². The number of carbonyl (C=O) groups excluding carboxylic acids is 4. The van der Waals surface area contributed by atoms with Gasteiger partial charge in [0.1, 0.15) is 17.5 Å². The van der Waals surface area contributed by atoms with Crippen molar-refractivity contribution in [3.8, 4) is 21.9 Å². The molecule has 0 saturated heterocycles. The van der Waals surface area contributed by atoms with Crippen LogP contribution < -0.4 is 84.1 Å². The van der Waals surface area contributed by atoms with Crippen molar-refractivity contribution < 1.29 is 98.0 Å². The zero-order chi connectivity index (χ0) is 23.3. The quantitative estimate of drug-likeness (QED) is 0.184. The molecule has 1 amide bonds. The average molecular weight is 499 g/mol. The molecule has 2 aromatic carbocycles. The van der Waals surface area contributed by atoms with Gasteiger partial charge in [-0.05, 0) is 48.0 Å². The summed E-state index contributed by atoms with van der Waals surface area (Å²) in [6, 6.07) is 14.5. The number of carboxylic acids is 2. The van der Waals surface area contributed by atoms with Crippen LogP contribution in [-0.2, 0) is 9.59 Å². The second-order valence-electron chi connectivity index (χ2n) is 6.32. The summed E-state index contributed by atoms with van der Waals surface area (Å²) < 4.78 is 10.7. The molecule has 1 heterocycles. The number of rotatable bonds is 8. The van der Waals surface area contributed by atoms with Crippen molar-refractivity contribution in [1.82, 2.24) is 0 Å². The van der Waals surface area contributed by atoms with Crippen molar-refractivity contribution in [3.63, 3.8) is 0 Å². The molecule has 0 saturated carbocycles. The molecule has 0 aliphatic heterocycles. The molecule has 1 N–H and O–H groups in total. The first-order chi connectivity index (χ1) is 15.3. The molecule has 12 heteroatoms. The van der Waals surface area contributed by atoms with E-state index in [4.69, 9.17) is 9.47 Å². The third kappa shape index (κ3) is 7.41. The number of carboxylic acid groups (broad SMARTS) is 2. The largest absolute Gasteiger partial charge is 1.00 e. The van der Waals surface area contributed by atoms with Crippen LogP contribution in [0.25, 0.3) is 10.4 Å². The molecule has 1 aromatic heterocycles. The number of aliphatic carboxylic acids is 1. The number of hydrogen-bond donors (Lipinski definition) is 1. The molecular weight excluding hydrogens is 484 g/mol. The van der Waals surface area contributed by atoms with Gasteiger partial charge in [-0.1, -0.05) is 12.1 Å². The minimum atomic E-state index is -1.99. The van der Waals surface area contributed by atoms with Crippen LogP contribution in [0, 0.1) is 0 Å². The van der Waals surface area contributed by atoms with Crippen molar-refractivity contribution in [2.75, 3.05) is 19.0 Å². The summed E-state index contributed by atoms with van der Waals surface area (Å²) in [5.41, 5.74) is 0.767. The van der Waals surface area contributed by atoms with Crippen LogP contribution in [-0.4, -0.2) is 37.3 Å². The number of para-hydroxylation sites is 1. The Hall–Kier alpha value is -2.18. The number of methoxy groups -OCH3 is 1. The number of ketones is 1. The predicted molar refractivity (Wildman–Crippen MR) is 111 cm³/mol. The number of aromatic carboxylic acids is 1. The Morgan fingerprint density at radius 2 is 1.62 bits per heavy atom. The van der Waals surface area contributed by atoms with E-state index in [1.165, 1.54) is 13.2 Å². The predicted octanol–water partition coefficient (Wildman–Crippen LogP) is -5.25. The SMILES string of the molecule is COc1ccccc1C(=O)COc1ccc(-c2cc(NC(=O)C(=O)[O-])c(C(=O)[O-])s2)cc1.[Na+].[Na+]. The third-order valence-electron chi connectivity index (χ3n) is 4.27. The third-order valence-corrected chi connectivity index (χ3v) is 5.43. The van der Waals surface area contributed by atoms with Gasteiger partial charge in [-0.2, -0.15) is 0 Å². The summed E-state index contributed by atoms with van der Waals surface area (Å²) in [5, 5.41) is 23.9. The number of ether oxygens (including phenoxy) is 2. The van der Waals surface area contributed by atoms with E-state index in [0.717, 1.165) is 11.3 Å². The molecule has 0 aliphatic rings. The van der Waals surface area contributed by atoms with Crippen LogP contribution in [0.5, 0.6) is 11.5 Å². The van der Waals surface area contributed by atoms with Gasteiger partial charge >= 0.3 is 59.1 Å². The Kier molecular flexibility index (Phi) is 12.0. The molecule has 0 fully saturated rings. The molecule has 0 radical (unpaired) electrons. The topological polar surface area (TPSA) is 145 Å². The van der Waals surface area contributed by atoms with Crippen LogP contribution in [0.2, 0.25) is 0 Å². The first-order valence-electron chi connectivity index (χ1n) is 9.07. The molecule has 0 atom stereocenters. The maximum absolute atomic E-state index is 12.4. The summed E-state index contributed by atoms with van der Waals surface area (Å²) in [6.45, 7) is -0.215. The van der Waals surface area contributed by atoms with Gasteiger partial charge in [0.2, 0.25) is 5.78 Å². The summed E-state index contributed by atoms with van der Waals surface area (Å²) in [5.74, 6) is -4.45. The van der Waals surface area contributed by atoms with Crippen molar-refractivity contribution >= 4 is 40.7 Å². The molecule has 0 unspecified atom stereocenters. The minimum Gasteiger partial charge on any atom is -0.544 e. The van der Waals surface area contributed by atoms with Gasteiger partial charge in [0, 0.05) is 4.88 Å². The Labute approximate surface area is 242 Å². The monoisotopic (exact) mass is 499 g/mol. The van der Waals surface area contributed by atoms with Gasteiger partial charge in [-0.3, -0.25) is 9.59 Å². The van der Waals surface area contributed by atoms with Crippen molar-refractivity contribution in [3.05, 3.63) is 65.0 Å². The van der Waals surface area contributed by atoms with Crippen molar-refractivity contribution in [2.24, 2.45) is 0 Å². The smallest absolute Gasteiger partial charge is 0.544 e. The van der Waals surface area contributed by atoms with Crippen molar-refractivity contribution in [1.29, 1.82) is 0 Å². The number of nitrogens with one attached hydrogen (secondary N) is 1. The Balaban J connectivity index is 0.00000289. The van der Waals surface area contributed by atoms with Crippen LogP contribution >= 0.6 is 11.3 Å². The number of carbonyl (C=O) groups is 4. The normalized spacial score (nSPS) is 9.68. The number of benzene rings is 2. The van der Waals surface area contributed by atoms with Gasteiger partial charge in [-0.15, -0.1) is 11.3 Å². The first-order valence-corrected chi connectivity index (χ1v) is 9.88. The second kappa shape index (κ2) is 13.6. The summed E-state index contributed by atoms with van der Waals surface area (Å²) in [7, 11) is 1.47. The van der Waals surface area contributed by atoms with E-state index in [1.54, 1.807) is 48.5 Å². The molecule has 34 heavy (non-hydrogen) atoms. The minimum absolute atomic E-state index is 0. The fraction of sp³-hybridized carbons (Fsp3) is 0.0909. The summed E-state index contributed by atoms with van der Waals surface area (Å²) in [6.07, 6.45) is 0. The van der Waals surface area contributed by atoms with Crippen LogP contribution in [0.4, 0.5) is 5.69 Å². The molecule has 0 bridgehead atoms. The molecule has 9 nitrogen and oxygen atoms in total. The Morgan fingerprint density at radius 1 is 0.971 bits per heavy atom. The summed E-state index contributed by atoms with van der Waals surface area (Å²) in [4.78, 5) is 45.7. The van der Waals surface area contributed by atoms with Gasteiger partial charge in [0.05, 0.1) is 29.2 Å². The Morgan fingerprint density at radius 3 is 2.21 bits per heavy atom. The molecule has 164 valence electrons. The number of anilines is 1. The fourth-order valence-electron chi connectivity index (χ4n) is 2.77. The number of hydrogen-bond acceptors (Lipinski definition) is 9. The van der Waals surface area contributed by atoms with Gasteiger partial charge < -0.3 is 34.6 Å². The standard InChI is InChI=1S/C22H17NO8S.2Na/c1-30-17-5-3-2-4-14(17)16(24)11-31-13-8-6-12(7-9-13)18-10-15(19(32-18)21(26)27)23-20(25)22(28)29;;/h2-10H,11H2,1H3,(H,23,25)(H,26,27)(H,28,29);;/q;2*+1/p-2. The number of amides is 1. The van der Waals surface area contributed by atoms with E-state index in [9.17, 15) is 29.4 Å². The molecule has 3 rings (SSSR count). The van der Waals surface area contributed by atoms with E-state index >= 15 is 0 Å².